The van der Waals surface area contributed by atoms with Crippen LogP contribution in [0, 0.1) is 23.3 Å². The van der Waals surface area contributed by atoms with E-state index in [1.807, 2.05) is 36.4 Å². The molecule has 0 N–H and O–H groups in total. The molecule has 0 aliphatic heterocycles. The molecule has 0 aliphatic carbocycles. The lowest BCUT2D eigenvalue weighted by Gasteiger charge is -2.13. The van der Waals surface area contributed by atoms with Crippen LogP contribution in [0.3, 0.4) is 0 Å². The average molecular weight is 627 g/mol. The Morgan fingerprint density at radius 1 is 0.357 bits per heavy atom. The molecular formula is C34H14F4S4. The van der Waals surface area contributed by atoms with Gasteiger partial charge in [0, 0.05) is 40.3 Å². The Morgan fingerprint density at radius 3 is 1.10 bits per heavy atom. The third-order valence-corrected chi connectivity index (χ3v) is 12.9. The number of halogens is 4. The highest BCUT2D eigenvalue weighted by atomic mass is 32.1. The molecule has 5 aromatic carbocycles. The van der Waals surface area contributed by atoms with Gasteiger partial charge in [0.1, 0.15) is 0 Å². The maximum Gasteiger partial charge on any atom is 0.170 e. The number of hydrogen-bond acceptors (Lipinski definition) is 4. The highest BCUT2D eigenvalue weighted by Crippen LogP contribution is 2.47. The molecule has 0 unspecified atom stereocenters. The molecule has 9 aromatic rings. The van der Waals surface area contributed by atoms with Gasteiger partial charge >= 0.3 is 0 Å². The molecule has 0 aliphatic rings. The van der Waals surface area contributed by atoms with E-state index in [0.717, 1.165) is 59.1 Å². The summed E-state index contributed by atoms with van der Waals surface area (Å²) in [6, 6.07) is 26.0. The summed E-state index contributed by atoms with van der Waals surface area (Å²) in [7, 11) is 0. The van der Waals surface area contributed by atoms with Gasteiger partial charge in [-0.3, -0.25) is 0 Å². The molecule has 9 rings (SSSR count). The van der Waals surface area contributed by atoms with Crippen LogP contribution in [0.15, 0.2) is 84.9 Å². The lowest BCUT2D eigenvalue weighted by Crippen LogP contribution is -2.03. The van der Waals surface area contributed by atoms with Crippen molar-refractivity contribution in [2.45, 2.75) is 0 Å². The van der Waals surface area contributed by atoms with Crippen LogP contribution in [0.25, 0.3) is 81.4 Å². The zero-order valence-corrected chi connectivity index (χ0v) is 24.5. The molecule has 0 spiro atoms. The van der Waals surface area contributed by atoms with Crippen LogP contribution in [-0.4, -0.2) is 0 Å². The van der Waals surface area contributed by atoms with E-state index in [4.69, 9.17) is 0 Å². The van der Waals surface area contributed by atoms with Gasteiger partial charge < -0.3 is 0 Å². The minimum absolute atomic E-state index is 0.0980. The van der Waals surface area contributed by atoms with Crippen molar-refractivity contribution in [1.82, 2.24) is 0 Å². The van der Waals surface area contributed by atoms with Gasteiger partial charge in [-0.25, -0.2) is 17.6 Å². The van der Waals surface area contributed by atoms with Crippen LogP contribution in [0.4, 0.5) is 17.6 Å². The zero-order valence-electron chi connectivity index (χ0n) is 21.2. The molecule has 0 amide bonds. The predicted octanol–water partition coefficient (Wildman–Crippen LogP) is 12.7. The van der Waals surface area contributed by atoms with E-state index >= 15 is 17.6 Å². The summed E-state index contributed by atoms with van der Waals surface area (Å²) in [5.74, 6) is -5.59. The Kier molecular flexibility index (Phi) is 5.21. The van der Waals surface area contributed by atoms with Gasteiger partial charge in [0.05, 0.1) is 29.9 Å². The van der Waals surface area contributed by atoms with E-state index in [-0.39, 0.29) is 11.1 Å². The van der Waals surface area contributed by atoms with Crippen molar-refractivity contribution in [3.8, 4) is 22.3 Å². The first-order valence-corrected chi connectivity index (χ1v) is 16.3. The van der Waals surface area contributed by atoms with Gasteiger partial charge in [0.15, 0.2) is 23.3 Å². The fourth-order valence-corrected chi connectivity index (χ4v) is 11.2. The predicted molar refractivity (Wildman–Crippen MR) is 174 cm³/mol. The quantitative estimate of drug-likeness (QED) is 0.132. The average Bonchev–Trinajstić information content (AvgIpc) is 3.74. The van der Waals surface area contributed by atoms with Crippen molar-refractivity contribution in [3.63, 3.8) is 0 Å². The Hall–Kier alpha value is -3.82. The first-order chi connectivity index (χ1) is 20.5. The number of hydrogen-bond donors (Lipinski definition) is 0. The first-order valence-electron chi connectivity index (χ1n) is 13.0. The fourth-order valence-electron chi connectivity index (χ4n) is 5.86. The van der Waals surface area contributed by atoms with Gasteiger partial charge in [-0.2, -0.15) is 0 Å². The second-order valence-electron chi connectivity index (χ2n) is 10.1. The molecule has 0 nitrogen and oxygen atoms in total. The van der Waals surface area contributed by atoms with Crippen LogP contribution in [0.1, 0.15) is 0 Å². The largest absolute Gasteiger partial charge is 0.203 e. The molecule has 0 atom stereocenters. The molecule has 0 fully saturated rings. The summed E-state index contributed by atoms with van der Waals surface area (Å²) in [5.41, 5.74) is -1.19. The molecule has 0 saturated carbocycles. The van der Waals surface area contributed by atoms with E-state index in [2.05, 4.69) is 12.1 Å². The lowest BCUT2D eigenvalue weighted by molar-refractivity contribution is 0.463. The maximum atomic E-state index is 15.7. The molecular weight excluding hydrogens is 613 g/mol. The van der Waals surface area contributed by atoms with Crippen molar-refractivity contribution in [3.05, 3.63) is 108 Å². The first kappa shape index (κ1) is 24.7. The Bertz CT molecular complexity index is 2370. The lowest BCUT2D eigenvalue weighted by atomic mass is 9.96. The number of rotatable bonds is 2. The topological polar surface area (TPSA) is 0 Å². The standard InChI is InChI=1S/C34H14F4S4/c35-27-25(15-9-11-19-23(13-15)41-31-17-5-1-3-7-21(17)39-33(19)31)28(36)30(38)26(29(27)37)16-10-12-20-24(14-16)42-32-18-6-2-4-8-22(18)40-34(20)32/h1-14H. The summed E-state index contributed by atoms with van der Waals surface area (Å²) in [5, 5.41) is 4.15. The van der Waals surface area contributed by atoms with E-state index in [1.165, 1.54) is 34.8 Å². The van der Waals surface area contributed by atoms with E-state index in [0.29, 0.717) is 0 Å². The molecule has 0 saturated heterocycles. The summed E-state index contributed by atoms with van der Waals surface area (Å²) in [6.07, 6.45) is 0. The molecule has 0 bridgehead atoms. The minimum Gasteiger partial charge on any atom is -0.203 e. The molecule has 202 valence electrons. The van der Waals surface area contributed by atoms with Crippen LogP contribution in [0.2, 0.25) is 0 Å². The smallest absolute Gasteiger partial charge is 0.170 e. The Morgan fingerprint density at radius 2 is 0.690 bits per heavy atom. The van der Waals surface area contributed by atoms with E-state index in [1.54, 1.807) is 46.9 Å². The van der Waals surface area contributed by atoms with Gasteiger partial charge in [-0.15, -0.1) is 45.3 Å². The number of benzene rings is 5. The van der Waals surface area contributed by atoms with Crippen molar-refractivity contribution < 1.29 is 17.6 Å². The summed E-state index contributed by atoms with van der Waals surface area (Å²) < 4.78 is 70.9. The van der Waals surface area contributed by atoms with Crippen molar-refractivity contribution in [2.75, 3.05) is 0 Å². The second kappa shape index (κ2) is 8.84. The minimum atomic E-state index is -1.40. The summed E-state index contributed by atoms with van der Waals surface area (Å²) in [6.45, 7) is 0. The van der Waals surface area contributed by atoms with Gasteiger partial charge in [-0.1, -0.05) is 60.7 Å². The van der Waals surface area contributed by atoms with Crippen molar-refractivity contribution in [1.29, 1.82) is 0 Å². The zero-order chi connectivity index (χ0) is 28.3. The van der Waals surface area contributed by atoms with Crippen LogP contribution < -0.4 is 0 Å². The molecule has 4 aromatic heterocycles. The van der Waals surface area contributed by atoms with E-state index < -0.39 is 34.4 Å². The normalized spacial score (nSPS) is 12.3. The third-order valence-electron chi connectivity index (χ3n) is 7.82. The Labute approximate surface area is 251 Å². The monoisotopic (exact) mass is 626 g/mol. The van der Waals surface area contributed by atoms with Crippen LogP contribution in [-0.2, 0) is 0 Å². The van der Waals surface area contributed by atoms with Gasteiger partial charge in [-0.05, 0) is 35.4 Å². The third kappa shape index (κ3) is 3.32. The SMILES string of the molecule is Fc1c(F)c(-c2ccc3c(c2)sc2c4ccccc4sc32)c(F)c(F)c1-c1ccc2c(c1)sc1c3ccccc3sc21. The fraction of sp³-hybridized carbons (Fsp3) is 0. The van der Waals surface area contributed by atoms with Crippen LogP contribution >= 0.6 is 45.3 Å². The Balaban J connectivity index is 1.19. The van der Waals surface area contributed by atoms with Crippen molar-refractivity contribution in [2.24, 2.45) is 0 Å². The van der Waals surface area contributed by atoms with Crippen LogP contribution in [0.5, 0.6) is 0 Å². The van der Waals surface area contributed by atoms with E-state index in [9.17, 15) is 0 Å². The molecule has 0 radical (unpaired) electrons. The number of fused-ring (bicyclic) bond motifs is 10. The van der Waals surface area contributed by atoms with Crippen molar-refractivity contribution >= 4 is 104 Å². The summed E-state index contributed by atoms with van der Waals surface area (Å²) in [4.78, 5) is 0. The highest BCUT2D eigenvalue weighted by Gasteiger charge is 2.28. The highest BCUT2D eigenvalue weighted by molar-refractivity contribution is 7.37. The van der Waals surface area contributed by atoms with Gasteiger partial charge in [0.2, 0.25) is 0 Å². The maximum absolute atomic E-state index is 15.7. The van der Waals surface area contributed by atoms with Gasteiger partial charge in [0.25, 0.3) is 0 Å². The molecule has 8 heteroatoms. The second-order valence-corrected chi connectivity index (χ2v) is 14.4. The summed E-state index contributed by atoms with van der Waals surface area (Å²) >= 11 is 6.34. The molecule has 4 heterocycles. The number of thiophene rings is 4. The molecule has 42 heavy (non-hydrogen) atoms.